The molecule has 0 aliphatic rings. The SMILES string of the molecule is CCCCC/C=C/CC/C=C/C(O)C(COP(=O)([O-])OCC[N+](C)(C)C)NC(=O)CCCCCCCCCCCCCCCCCCCCCCCCCCCCCCCCCCCCCCCCCC. The molecule has 8 nitrogen and oxygen atoms in total. The minimum Gasteiger partial charge on any atom is -0.756 e. The van der Waals surface area contributed by atoms with Gasteiger partial charge in [0.1, 0.15) is 13.2 Å². The lowest BCUT2D eigenvalue weighted by molar-refractivity contribution is -0.870. The summed E-state index contributed by atoms with van der Waals surface area (Å²) in [6.45, 7) is 4.60. The maximum Gasteiger partial charge on any atom is 0.268 e. The molecule has 3 atom stereocenters. The lowest BCUT2D eigenvalue weighted by Gasteiger charge is -2.29. The highest BCUT2D eigenvalue weighted by molar-refractivity contribution is 7.45. The number of hydrogen-bond acceptors (Lipinski definition) is 6. The van der Waals surface area contributed by atoms with E-state index in [4.69, 9.17) is 9.05 Å². The summed E-state index contributed by atoms with van der Waals surface area (Å²) in [6.07, 6.45) is 69.1. The number of quaternary nitrogens is 1. The number of rotatable bonds is 58. The molecular formula is C62H123N2O6P. The second-order valence-electron chi connectivity index (χ2n) is 22.8. The Hall–Kier alpha value is -1.02. The van der Waals surface area contributed by atoms with Crippen LogP contribution in [0.3, 0.4) is 0 Å². The Bertz CT molecular complexity index is 1210. The topological polar surface area (TPSA) is 108 Å². The largest absolute Gasteiger partial charge is 0.756 e. The maximum atomic E-state index is 12.9. The van der Waals surface area contributed by atoms with E-state index in [0.717, 1.165) is 38.5 Å². The lowest BCUT2D eigenvalue weighted by atomic mass is 10.0. The van der Waals surface area contributed by atoms with Crippen LogP contribution >= 0.6 is 7.82 Å². The van der Waals surface area contributed by atoms with Gasteiger partial charge in [0.15, 0.2) is 0 Å². The van der Waals surface area contributed by atoms with Gasteiger partial charge in [-0.05, 0) is 32.1 Å². The molecule has 9 heteroatoms. The Kier molecular flexibility index (Phi) is 53.0. The summed E-state index contributed by atoms with van der Waals surface area (Å²) in [5.74, 6) is -0.204. The van der Waals surface area contributed by atoms with E-state index in [9.17, 15) is 19.4 Å². The van der Waals surface area contributed by atoms with E-state index in [2.05, 4.69) is 31.3 Å². The molecule has 0 aromatic heterocycles. The second-order valence-corrected chi connectivity index (χ2v) is 24.2. The van der Waals surface area contributed by atoms with Crippen molar-refractivity contribution in [2.24, 2.45) is 0 Å². The second kappa shape index (κ2) is 53.8. The van der Waals surface area contributed by atoms with Gasteiger partial charge in [0, 0.05) is 6.42 Å². The third-order valence-electron chi connectivity index (χ3n) is 14.4. The summed E-state index contributed by atoms with van der Waals surface area (Å²) >= 11 is 0. The van der Waals surface area contributed by atoms with E-state index >= 15 is 0 Å². The molecule has 0 aliphatic heterocycles. The fourth-order valence-electron chi connectivity index (χ4n) is 9.53. The van der Waals surface area contributed by atoms with Gasteiger partial charge in [-0.1, -0.05) is 301 Å². The van der Waals surface area contributed by atoms with Crippen LogP contribution in [0, 0.1) is 0 Å². The van der Waals surface area contributed by atoms with Crippen molar-refractivity contribution in [2.45, 2.75) is 328 Å². The average molecular weight is 1020 g/mol. The molecule has 0 radical (unpaired) electrons. The van der Waals surface area contributed by atoms with Crippen LogP contribution in [0.1, 0.15) is 316 Å². The number of phosphoric ester groups is 1. The predicted octanol–water partition coefficient (Wildman–Crippen LogP) is 18.5. The number of nitrogens with zero attached hydrogens (tertiary/aromatic N) is 1. The van der Waals surface area contributed by atoms with Crippen LogP contribution in [-0.2, 0) is 18.4 Å². The summed E-state index contributed by atoms with van der Waals surface area (Å²) in [4.78, 5) is 25.3. The smallest absolute Gasteiger partial charge is 0.268 e. The molecule has 0 aliphatic carbocycles. The molecule has 71 heavy (non-hydrogen) atoms. The number of unbranched alkanes of at least 4 members (excludes halogenated alkanes) is 43. The van der Waals surface area contributed by atoms with E-state index in [0.29, 0.717) is 17.4 Å². The zero-order valence-electron chi connectivity index (χ0n) is 48.2. The van der Waals surface area contributed by atoms with Crippen LogP contribution in [0.15, 0.2) is 24.3 Å². The van der Waals surface area contributed by atoms with Crippen molar-refractivity contribution in [2.75, 3.05) is 40.9 Å². The van der Waals surface area contributed by atoms with Gasteiger partial charge in [0.25, 0.3) is 7.82 Å². The third kappa shape index (κ3) is 56.5. The molecule has 422 valence electrons. The Morgan fingerprint density at radius 1 is 0.479 bits per heavy atom. The van der Waals surface area contributed by atoms with Gasteiger partial charge in [-0.25, -0.2) is 0 Å². The number of aliphatic hydroxyl groups is 1. The summed E-state index contributed by atoms with van der Waals surface area (Å²) in [6, 6.07) is -0.898. The van der Waals surface area contributed by atoms with E-state index in [-0.39, 0.29) is 19.1 Å². The van der Waals surface area contributed by atoms with Gasteiger partial charge >= 0.3 is 0 Å². The molecule has 0 aromatic carbocycles. The van der Waals surface area contributed by atoms with Crippen molar-refractivity contribution in [1.82, 2.24) is 5.32 Å². The Labute approximate surface area is 443 Å². The maximum absolute atomic E-state index is 12.9. The minimum absolute atomic E-state index is 0.00444. The van der Waals surface area contributed by atoms with Crippen LogP contribution in [0.5, 0.6) is 0 Å². The van der Waals surface area contributed by atoms with Crippen molar-refractivity contribution in [3.8, 4) is 0 Å². The van der Waals surface area contributed by atoms with Gasteiger partial charge in [-0.3, -0.25) is 9.36 Å². The quantitative estimate of drug-likeness (QED) is 0.0272. The monoisotopic (exact) mass is 1020 g/mol. The van der Waals surface area contributed by atoms with Crippen molar-refractivity contribution in [3.05, 3.63) is 24.3 Å². The molecule has 1 amide bonds. The lowest BCUT2D eigenvalue weighted by Crippen LogP contribution is -2.45. The van der Waals surface area contributed by atoms with Gasteiger partial charge in [0.2, 0.25) is 5.91 Å². The molecule has 0 spiro atoms. The summed E-state index contributed by atoms with van der Waals surface area (Å²) < 4.78 is 23.2. The predicted molar refractivity (Wildman–Crippen MR) is 307 cm³/mol. The van der Waals surface area contributed by atoms with Gasteiger partial charge in [0.05, 0.1) is 39.9 Å². The van der Waals surface area contributed by atoms with Gasteiger partial charge in [-0.15, -0.1) is 0 Å². The number of carbonyl (C=O) groups excluding carboxylic acids is 1. The number of phosphoric acid groups is 1. The van der Waals surface area contributed by atoms with E-state index < -0.39 is 20.0 Å². The van der Waals surface area contributed by atoms with Crippen molar-refractivity contribution in [1.29, 1.82) is 0 Å². The highest BCUT2D eigenvalue weighted by atomic mass is 31.2. The van der Waals surface area contributed by atoms with Crippen molar-refractivity contribution < 1.29 is 32.9 Å². The first-order valence-corrected chi connectivity index (χ1v) is 32.7. The standard InChI is InChI=1S/C62H123N2O6P/c1-6-8-10-12-14-16-17-18-19-20-21-22-23-24-25-26-27-28-29-30-31-32-33-34-35-36-37-38-39-40-41-42-43-44-45-46-48-50-52-54-56-62(66)63-60(59-70-71(67,68)69-58-57-64(3,4)5)61(65)55-53-51-49-47-15-13-11-9-7-2/h15,47,53,55,60-61,65H,6-14,16-46,48-52,54,56-59H2,1-5H3,(H-,63,66,67,68)/b47-15+,55-53+. The number of carbonyl (C=O) groups is 1. The minimum atomic E-state index is -4.59. The fraction of sp³-hybridized carbons (Fsp3) is 0.919. The normalized spacial score (nSPS) is 14.0. The zero-order valence-corrected chi connectivity index (χ0v) is 49.1. The van der Waals surface area contributed by atoms with E-state index in [1.165, 1.54) is 257 Å². The molecular weight excluding hydrogens is 900 g/mol. The van der Waals surface area contributed by atoms with E-state index in [1.807, 2.05) is 27.2 Å². The summed E-state index contributed by atoms with van der Waals surface area (Å²) in [5, 5.41) is 13.7. The number of nitrogens with one attached hydrogen (secondary N) is 1. The van der Waals surface area contributed by atoms with E-state index in [1.54, 1.807) is 6.08 Å². The Morgan fingerprint density at radius 2 is 0.789 bits per heavy atom. The first-order valence-electron chi connectivity index (χ1n) is 31.2. The molecule has 0 heterocycles. The zero-order chi connectivity index (χ0) is 52.0. The number of aliphatic hydroxyl groups excluding tert-OH is 1. The van der Waals surface area contributed by atoms with Crippen molar-refractivity contribution >= 4 is 13.7 Å². The highest BCUT2D eigenvalue weighted by Crippen LogP contribution is 2.38. The number of likely N-dealkylation sites (N-methyl/N-ethyl adjacent to an activating group) is 1. The Morgan fingerprint density at radius 3 is 1.14 bits per heavy atom. The Balaban J connectivity index is 3.73. The van der Waals surface area contributed by atoms with Crippen LogP contribution in [0.25, 0.3) is 0 Å². The van der Waals surface area contributed by atoms with Crippen LogP contribution < -0.4 is 10.2 Å². The molecule has 0 saturated carbocycles. The van der Waals surface area contributed by atoms with Crippen molar-refractivity contribution in [3.63, 3.8) is 0 Å². The fourth-order valence-corrected chi connectivity index (χ4v) is 10.2. The van der Waals surface area contributed by atoms with Crippen LogP contribution in [-0.4, -0.2) is 68.5 Å². The molecule has 0 fully saturated rings. The average Bonchev–Trinajstić information content (AvgIpc) is 3.33. The van der Waals surface area contributed by atoms with Crippen LogP contribution in [0.4, 0.5) is 0 Å². The molecule has 0 saturated heterocycles. The summed E-state index contributed by atoms with van der Waals surface area (Å²) in [7, 11) is 1.25. The van der Waals surface area contributed by atoms with Crippen LogP contribution in [0.2, 0.25) is 0 Å². The first kappa shape index (κ1) is 70.0. The third-order valence-corrected chi connectivity index (χ3v) is 15.4. The molecule has 0 bridgehead atoms. The number of amides is 1. The number of hydrogen-bond donors (Lipinski definition) is 2. The number of allylic oxidation sites excluding steroid dienone is 3. The highest BCUT2D eigenvalue weighted by Gasteiger charge is 2.23. The molecule has 2 N–H and O–H groups in total. The van der Waals surface area contributed by atoms with Gasteiger partial charge < -0.3 is 28.8 Å². The molecule has 3 unspecified atom stereocenters. The summed E-state index contributed by atoms with van der Waals surface area (Å²) in [5.41, 5.74) is 0. The molecule has 0 rings (SSSR count). The molecule has 0 aromatic rings. The van der Waals surface area contributed by atoms with Gasteiger partial charge in [-0.2, -0.15) is 0 Å². The first-order chi connectivity index (χ1) is 34.5.